The molecule has 1 atom stereocenters. The van der Waals surface area contributed by atoms with Gasteiger partial charge in [-0.25, -0.2) is 0 Å². The zero-order valence-corrected chi connectivity index (χ0v) is 21.0. The molecule has 3 rings (SSSR count). The van der Waals surface area contributed by atoms with Gasteiger partial charge in [0.15, 0.2) is 17.3 Å². The van der Waals surface area contributed by atoms with Gasteiger partial charge in [-0.15, -0.1) is 24.0 Å². The van der Waals surface area contributed by atoms with Crippen molar-refractivity contribution in [3.8, 4) is 5.75 Å². The van der Waals surface area contributed by atoms with Crippen LogP contribution in [-0.4, -0.2) is 63.9 Å². The largest absolute Gasteiger partial charge is 0.490 e. The van der Waals surface area contributed by atoms with E-state index in [1.54, 1.807) is 7.05 Å². The topological polar surface area (TPSA) is 71.3 Å². The Morgan fingerprint density at radius 3 is 2.67 bits per heavy atom. The molecule has 0 amide bonds. The Morgan fingerprint density at radius 1 is 1.30 bits per heavy atom. The van der Waals surface area contributed by atoms with E-state index in [-0.39, 0.29) is 35.6 Å². The second-order valence-electron chi connectivity index (χ2n) is 7.78. The highest BCUT2D eigenvalue weighted by atomic mass is 127. The summed E-state index contributed by atoms with van der Waals surface area (Å²) in [5, 5.41) is 7.99. The number of aliphatic imine (C=N–C) groups is 1. The van der Waals surface area contributed by atoms with Crippen LogP contribution in [0.5, 0.6) is 5.75 Å². The molecule has 8 heteroatoms. The molecule has 2 heterocycles. The standard InChI is InChI=1S/C22H34N4O3.HI/c1-6-28-18-9-7-8-17-14-19(29-20(17)18)16(2)25-21(23-3)24-15-22(26(4)5)10-12-27-13-11-22;/h7-9,14,16H,6,10-13,15H2,1-5H3,(H2,23,24,25);1H. The van der Waals surface area contributed by atoms with Crippen LogP contribution in [0.2, 0.25) is 0 Å². The number of fused-ring (bicyclic) bond motifs is 1. The molecule has 1 aliphatic rings. The minimum absolute atomic E-state index is 0. The molecular formula is C22H35IN4O3. The second-order valence-corrected chi connectivity index (χ2v) is 7.78. The van der Waals surface area contributed by atoms with Crippen LogP contribution in [0.15, 0.2) is 33.7 Å². The molecule has 1 aromatic heterocycles. The Kier molecular flexibility index (Phi) is 9.24. The number of para-hydroxylation sites is 1. The number of nitrogens with zero attached hydrogens (tertiary/aromatic N) is 2. The summed E-state index contributed by atoms with van der Waals surface area (Å²) in [6, 6.07) is 7.98. The van der Waals surface area contributed by atoms with E-state index < -0.39 is 0 Å². The fraction of sp³-hybridized carbons (Fsp3) is 0.591. The van der Waals surface area contributed by atoms with E-state index in [2.05, 4.69) is 47.6 Å². The third kappa shape index (κ3) is 5.59. The van der Waals surface area contributed by atoms with E-state index in [0.717, 1.165) is 61.0 Å². The molecule has 168 valence electrons. The molecule has 1 unspecified atom stereocenters. The number of furan rings is 1. The van der Waals surface area contributed by atoms with Gasteiger partial charge in [0.2, 0.25) is 0 Å². The monoisotopic (exact) mass is 530 g/mol. The molecule has 0 bridgehead atoms. The van der Waals surface area contributed by atoms with Crippen molar-refractivity contribution in [2.75, 3.05) is 47.5 Å². The first-order valence-electron chi connectivity index (χ1n) is 10.4. The number of benzene rings is 1. The summed E-state index contributed by atoms with van der Waals surface area (Å²) in [6.45, 7) is 7.05. The first kappa shape index (κ1) is 24.7. The van der Waals surface area contributed by atoms with E-state index >= 15 is 0 Å². The summed E-state index contributed by atoms with van der Waals surface area (Å²) in [4.78, 5) is 6.71. The first-order valence-corrected chi connectivity index (χ1v) is 10.4. The molecule has 1 aromatic carbocycles. The van der Waals surface area contributed by atoms with Crippen LogP contribution in [0.25, 0.3) is 11.0 Å². The van der Waals surface area contributed by atoms with E-state index in [4.69, 9.17) is 13.9 Å². The van der Waals surface area contributed by atoms with E-state index in [9.17, 15) is 0 Å². The quantitative estimate of drug-likeness (QED) is 0.323. The molecule has 0 saturated carbocycles. The van der Waals surface area contributed by atoms with Crippen molar-refractivity contribution in [2.24, 2.45) is 4.99 Å². The molecule has 7 nitrogen and oxygen atoms in total. The summed E-state index contributed by atoms with van der Waals surface area (Å²) < 4.78 is 17.4. The van der Waals surface area contributed by atoms with Crippen molar-refractivity contribution in [2.45, 2.75) is 38.3 Å². The zero-order chi connectivity index (χ0) is 20.9. The van der Waals surface area contributed by atoms with Gasteiger partial charge in [0.05, 0.1) is 12.6 Å². The number of guanidine groups is 1. The first-order chi connectivity index (χ1) is 14.0. The second kappa shape index (κ2) is 11.2. The maximum Gasteiger partial charge on any atom is 0.191 e. The van der Waals surface area contributed by atoms with Crippen LogP contribution in [0, 0.1) is 0 Å². The van der Waals surface area contributed by atoms with Gasteiger partial charge < -0.3 is 29.4 Å². The SMILES string of the molecule is CCOc1cccc2cc(C(C)NC(=NC)NCC3(N(C)C)CCOCC3)oc12.I. The number of halogens is 1. The normalized spacial score (nSPS) is 17.5. The van der Waals surface area contributed by atoms with Crippen LogP contribution >= 0.6 is 24.0 Å². The van der Waals surface area contributed by atoms with Crippen molar-refractivity contribution in [3.05, 3.63) is 30.0 Å². The maximum atomic E-state index is 6.12. The predicted octanol–water partition coefficient (Wildman–Crippen LogP) is 3.79. The molecule has 0 spiro atoms. The number of nitrogens with one attached hydrogen (secondary N) is 2. The molecule has 1 fully saturated rings. The lowest BCUT2D eigenvalue weighted by atomic mass is 9.88. The van der Waals surface area contributed by atoms with E-state index in [1.165, 1.54) is 0 Å². The summed E-state index contributed by atoms with van der Waals surface area (Å²) in [5.41, 5.74) is 0.861. The number of hydrogen-bond acceptors (Lipinski definition) is 5. The van der Waals surface area contributed by atoms with Crippen LogP contribution in [0.1, 0.15) is 38.5 Å². The van der Waals surface area contributed by atoms with Crippen LogP contribution in [0.4, 0.5) is 0 Å². The van der Waals surface area contributed by atoms with Crippen molar-refractivity contribution in [1.29, 1.82) is 0 Å². The molecule has 2 aromatic rings. The molecular weight excluding hydrogens is 495 g/mol. The minimum Gasteiger partial charge on any atom is -0.490 e. The van der Waals surface area contributed by atoms with Gasteiger partial charge in [0.1, 0.15) is 5.76 Å². The summed E-state index contributed by atoms with van der Waals surface area (Å²) in [7, 11) is 6.06. The fourth-order valence-corrected chi connectivity index (χ4v) is 3.79. The van der Waals surface area contributed by atoms with Crippen molar-refractivity contribution >= 4 is 40.9 Å². The smallest absolute Gasteiger partial charge is 0.191 e. The number of likely N-dealkylation sites (N-methyl/N-ethyl adjacent to an activating group) is 1. The summed E-state index contributed by atoms with van der Waals surface area (Å²) in [5.74, 6) is 2.39. The highest BCUT2D eigenvalue weighted by Crippen LogP contribution is 2.31. The molecule has 1 saturated heterocycles. The van der Waals surface area contributed by atoms with Crippen LogP contribution in [0.3, 0.4) is 0 Å². The number of hydrogen-bond donors (Lipinski definition) is 2. The van der Waals surface area contributed by atoms with Crippen molar-refractivity contribution in [1.82, 2.24) is 15.5 Å². The average molecular weight is 530 g/mol. The third-order valence-corrected chi connectivity index (χ3v) is 5.79. The van der Waals surface area contributed by atoms with Crippen LogP contribution in [-0.2, 0) is 4.74 Å². The zero-order valence-electron chi connectivity index (χ0n) is 18.7. The van der Waals surface area contributed by atoms with Crippen LogP contribution < -0.4 is 15.4 Å². The molecule has 1 aliphatic heterocycles. The Balaban J connectivity index is 0.00000320. The van der Waals surface area contributed by atoms with Crippen molar-refractivity contribution in [3.63, 3.8) is 0 Å². The highest BCUT2D eigenvalue weighted by Gasteiger charge is 2.35. The van der Waals surface area contributed by atoms with Crippen molar-refractivity contribution < 1.29 is 13.9 Å². The van der Waals surface area contributed by atoms with Gasteiger partial charge in [0.25, 0.3) is 0 Å². The van der Waals surface area contributed by atoms with Gasteiger partial charge in [0, 0.05) is 37.7 Å². The lowest BCUT2D eigenvalue weighted by molar-refractivity contribution is -0.00503. The molecule has 30 heavy (non-hydrogen) atoms. The summed E-state index contributed by atoms with van der Waals surface area (Å²) in [6.07, 6.45) is 2.01. The fourth-order valence-electron chi connectivity index (χ4n) is 3.79. The minimum atomic E-state index is -0.0342. The van der Waals surface area contributed by atoms with Gasteiger partial charge in [-0.05, 0) is 52.9 Å². The Morgan fingerprint density at radius 2 is 2.03 bits per heavy atom. The number of ether oxygens (including phenoxy) is 2. The van der Waals surface area contributed by atoms with Gasteiger partial charge in [-0.3, -0.25) is 4.99 Å². The predicted molar refractivity (Wildman–Crippen MR) is 132 cm³/mol. The van der Waals surface area contributed by atoms with Gasteiger partial charge in [-0.2, -0.15) is 0 Å². The lowest BCUT2D eigenvalue weighted by Gasteiger charge is -2.43. The van der Waals surface area contributed by atoms with Gasteiger partial charge in [-0.1, -0.05) is 12.1 Å². The molecule has 2 N–H and O–H groups in total. The van der Waals surface area contributed by atoms with Gasteiger partial charge >= 0.3 is 0 Å². The number of rotatable bonds is 7. The van der Waals surface area contributed by atoms with E-state index in [1.807, 2.05) is 25.1 Å². The maximum absolute atomic E-state index is 6.12. The molecule has 0 aliphatic carbocycles. The Labute approximate surface area is 196 Å². The Hall–Kier alpha value is -1.52. The average Bonchev–Trinajstić information content (AvgIpc) is 3.17. The van der Waals surface area contributed by atoms with E-state index in [0.29, 0.717) is 6.61 Å². The Bertz CT molecular complexity index is 831. The summed E-state index contributed by atoms with van der Waals surface area (Å²) >= 11 is 0. The molecule has 0 radical (unpaired) electrons. The lowest BCUT2D eigenvalue weighted by Crippen LogP contribution is -2.57. The third-order valence-electron chi connectivity index (χ3n) is 5.79. The highest BCUT2D eigenvalue weighted by molar-refractivity contribution is 14.0.